The summed E-state index contributed by atoms with van der Waals surface area (Å²) in [6.45, 7) is 13.9. The van der Waals surface area contributed by atoms with Gasteiger partial charge in [-0.05, 0) is 29.9 Å². The Kier molecular flexibility index (Phi) is 7.44. The van der Waals surface area contributed by atoms with Gasteiger partial charge in [-0.15, -0.1) is 0 Å². The Balaban J connectivity index is 2.48. The summed E-state index contributed by atoms with van der Waals surface area (Å²) >= 11 is 0. The normalized spacial score (nSPS) is 11.4. The van der Waals surface area contributed by atoms with Gasteiger partial charge in [-0.2, -0.15) is 0 Å². The first-order valence-corrected chi connectivity index (χ1v) is 7.92. The Bertz CT molecular complexity index is 431. The van der Waals surface area contributed by atoms with Crippen LogP contribution in [0, 0.1) is 18.8 Å². The first-order chi connectivity index (χ1) is 9.88. The Morgan fingerprint density at radius 3 is 2.19 bits per heavy atom. The van der Waals surface area contributed by atoms with Gasteiger partial charge in [0.25, 0.3) is 0 Å². The van der Waals surface area contributed by atoms with Crippen molar-refractivity contribution in [1.82, 2.24) is 10.2 Å². The van der Waals surface area contributed by atoms with Crippen molar-refractivity contribution in [3.05, 3.63) is 35.4 Å². The highest BCUT2D eigenvalue weighted by Crippen LogP contribution is 2.07. The van der Waals surface area contributed by atoms with Crippen molar-refractivity contribution in [3.63, 3.8) is 0 Å². The van der Waals surface area contributed by atoms with Crippen molar-refractivity contribution in [3.8, 4) is 0 Å². The Morgan fingerprint density at radius 2 is 1.67 bits per heavy atom. The zero-order chi connectivity index (χ0) is 15.8. The third-order valence-corrected chi connectivity index (χ3v) is 3.35. The molecular weight excluding hydrogens is 260 g/mol. The first kappa shape index (κ1) is 17.7. The lowest BCUT2D eigenvalue weighted by atomic mass is 10.1. The van der Waals surface area contributed by atoms with E-state index in [1.165, 1.54) is 11.1 Å². The summed E-state index contributed by atoms with van der Waals surface area (Å²) in [5.74, 6) is 1.26. The molecule has 0 aliphatic heterocycles. The summed E-state index contributed by atoms with van der Waals surface area (Å²) < 4.78 is 0. The molecule has 0 spiro atoms. The van der Waals surface area contributed by atoms with Gasteiger partial charge in [-0.25, -0.2) is 0 Å². The average Bonchev–Trinajstić information content (AvgIpc) is 2.36. The standard InChI is InChI=1S/C18H30N2O/c1-14(2)11-20(12-15(3)4)13-18(21)19-10-17-9-7-6-8-16(17)5/h6-9,14-15H,10-13H2,1-5H3,(H,19,21). The number of rotatable bonds is 8. The van der Waals surface area contributed by atoms with Crippen LogP contribution in [0.3, 0.4) is 0 Å². The summed E-state index contributed by atoms with van der Waals surface area (Å²) in [5.41, 5.74) is 2.41. The lowest BCUT2D eigenvalue weighted by Crippen LogP contribution is -2.40. The molecule has 1 aromatic carbocycles. The third-order valence-electron chi connectivity index (χ3n) is 3.35. The predicted molar refractivity (Wildman–Crippen MR) is 89.1 cm³/mol. The number of aryl methyl sites for hydroxylation is 1. The highest BCUT2D eigenvalue weighted by atomic mass is 16.2. The second-order valence-electron chi connectivity index (χ2n) is 6.68. The maximum atomic E-state index is 12.1. The van der Waals surface area contributed by atoms with E-state index in [0.29, 0.717) is 24.9 Å². The number of hydrogen-bond acceptors (Lipinski definition) is 2. The summed E-state index contributed by atoms with van der Waals surface area (Å²) in [6.07, 6.45) is 0. The maximum absolute atomic E-state index is 12.1. The number of nitrogens with one attached hydrogen (secondary N) is 1. The summed E-state index contributed by atoms with van der Waals surface area (Å²) in [6, 6.07) is 8.17. The lowest BCUT2D eigenvalue weighted by Gasteiger charge is -2.25. The van der Waals surface area contributed by atoms with Crippen LogP contribution in [0.2, 0.25) is 0 Å². The minimum Gasteiger partial charge on any atom is -0.351 e. The molecule has 0 radical (unpaired) electrons. The molecule has 21 heavy (non-hydrogen) atoms. The van der Waals surface area contributed by atoms with Crippen molar-refractivity contribution in [1.29, 1.82) is 0 Å². The van der Waals surface area contributed by atoms with E-state index in [9.17, 15) is 4.79 Å². The van der Waals surface area contributed by atoms with E-state index in [1.54, 1.807) is 0 Å². The van der Waals surface area contributed by atoms with Crippen molar-refractivity contribution in [2.45, 2.75) is 41.2 Å². The van der Waals surface area contributed by atoms with E-state index in [-0.39, 0.29) is 5.91 Å². The van der Waals surface area contributed by atoms with E-state index < -0.39 is 0 Å². The van der Waals surface area contributed by atoms with Crippen LogP contribution in [0.1, 0.15) is 38.8 Å². The Labute approximate surface area is 129 Å². The largest absolute Gasteiger partial charge is 0.351 e. The molecular formula is C18H30N2O. The maximum Gasteiger partial charge on any atom is 0.234 e. The van der Waals surface area contributed by atoms with Gasteiger partial charge in [0.2, 0.25) is 5.91 Å². The molecule has 0 saturated carbocycles. The van der Waals surface area contributed by atoms with Gasteiger partial charge < -0.3 is 5.32 Å². The molecule has 1 rings (SSSR count). The van der Waals surface area contributed by atoms with Gasteiger partial charge in [-0.3, -0.25) is 9.69 Å². The van der Waals surface area contributed by atoms with E-state index in [0.717, 1.165) is 13.1 Å². The zero-order valence-electron chi connectivity index (χ0n) is 14.1. The fraction of sp³-hybridized carbons (Fsp3) is 0.611. The smallest absolute Gasteiger partial charge is 0.234 e. The van der Waals surface area contributed by atoms with Gasteiger partial charge in [0.05, 0.1) is 6.54 Å². The van der Waals surface area contributed by atoms with Crippen molar-refractivity contribution in [2.24, 2.45) is 11.8 Å². The molecule has 0 heterocycles. The van der Waals surface area contributed by atoms with Gasteiger partial charge in [0, 0.05) is 19.6 Å². The summed E-state index contributed by atoms with van der Waals surface area (Å²) in [5, 5.41) is 3.04. The lowest BCUT2D eigenvalue weighted by molar-refractivity contribution is -0.122. The van der Waals surface area contributed by atoms with Gasteiger partial charge in [0.1, 0.15) is 0 Å². The molecule has 0 aromatic heterocycles. The van der Waals surface area contributed by atoms with Crippen LogP contribution >= 0.6 is 0 Å². The molecule has 3 heteroatoms. The van der Waals surface area contributed by atoms with E-state index in [2.05, 4.69) is 57.0 Å². The number of amides is 1. The van der Waals surface area contributed by atoms with Gasteiger partial charge in [-0.1, -0.05) is 52.0 Å². The molecule has 0 bridgehead atoms. The molecule has 0 aliphatic carbocycles. The molecule has 0 aliphatic rings. The predicted octanol–water partition coefficient (Wildman–Crippen LogP) is 3.23. The van der Waals surface area contributed by atoms with Crippen LogP contribution in [-0.2, 0) is 11.3 Å². The van der Waals surface area contributed by atoms with E-state index in [4.69, 9.17) is 0 Å². The van der Waals surface area contributed by atoms with E-state index >= 15 is 0 Å². The van der Waals surface area contributed by atoms with Gasteiger partial charge in [0.15, 0.2) is 0 Å². The average molecular weight is 290 g/mol. The molecule has 1 aromatic rings. The fourth-order valence-corrected chi connectivity index (χ4v) is 2.50. The van der Waals surface area contributed by atoms with Crippen molar-refractivity contribution in [2.75, 3.05) is 19.6 Å². The molecule has 0 atom stereocenters. The SMILES string of the molecule is Cc1ccccc1CNC(=O)CN(CC(C)C)CC(C)C. The number of carbonyl (C=O) groups excluding carboxylic acids is 1. The number of benzene rings is 1. The van der Waals surface area contributed by atoms with Crippen LogP contribution in [0.25, 0.3) is 0 Å². The van der Waals surface area contributed by atoms with E-state index in [1.807, 2.05) is 12.1 Å². The van der Waals surface area contributed by atoms with Crippen LogP contribution < -0.4 is 5.32 Å². The monoisotopic (exact) mass is 290 g/mol. The number of hydrogen-bond donors (Lipinski definition) is 1. The molecule has 0 unspecified atom stereocenters. The quantitative estimate of drug-likeness (QED) is 0.797. The Hall–Kier alpha value is -1.35. The topological polar surface area (TPSA) is 32.3 Å². The molecule has 1 N–H and O–H groups in total. The fourth-order valence-electron chi connectivity index (χ4n) is 2.50. The van der Waals surface area contributed by atoms with Crippen molar-refractivity contribution < 1.29 is 4.79 Å². The minimum absolute atomic E-state index is 0.111. The first-order valence-electron chi connectivity index (χ1n) is 7.92. The second-order valence-corrected chi connectivity index (χ2v) is 6.68. The highest BCUT2D eigenvalue weighted by Gasteiger charge is 2.13. The molecule has 1 amide bonds. The molecule has 3 nitrogen and oxygen atoms in total. The van der Waals surface area contributed by atoms with Crippen LogP contribution in [0.15, 0.2) is 24.3 Å². The zero-order valence-corrected chi connectivity index (χ0v) is 14.1. The summed E-state index contributed by atoms with van der Waals surface area (Å²) in [4.78, 5) is 14.4. The summed E-state index contributed by atoms with van der Waals surface area (Å²) in [7, 11) is 0. The van der Waals surface area contributed by atoms with Crippen LogP contribution in [0.5, 0.6) is 0 Å². The number of carbonyl (C=O) groups is 1. The second kappa shape index (κ2) is 8.83. The number of nitrogens with zero attached hydrogens (tertiary/aromatic N) is 1. The van der Waals surface area contributed by atoms with Gasteiger partial charge >= 0.3 is 0 Å². The Morgan fingerprint density at radius 1 is 1.10 bits per heavy atom. The molecule has 0 fully saturated rings. The third kappa shape index (κ3) is 7.28. The van der Waals surface area contributed by atoms with Crippen LogP contribution in [0.4, 0.5) is 0 Å². The van der Waals surface area contributed by atoms with Crippen molar-refractivity contribution >= 4 is 5.91 Å². The highest BCUT2D eigenvalue weighted by molar-refractivity contribution is 5.78. The minimum atomic E-state index is 0.111. The molecule has 0 saturated heterocycles. The molecule has 118 valence electrons. The van der Waals surface area contributed by atoms with Crippen LogP contribution in [-0.4, -0.2) is 30.4 Å².